The summed E-state index contributed by atoms with van der Waals surface area (Å²) in [6.45, 7) is 3.13. The quantitative estimate of drug-likeness (QED) is 0.765. The molecule has 18 heavy (non-hydrogen) atoms. The largest absolute Gasteiger partial charge is 0.313 e. The molecule has 0 aliphatic carbocycles. The Hall–Kier alpha value is -1.38. The van der Waals surface area contributed by atoms with Crippen LogP contribution in [-0.4, -0.2) is 20.7 Å². The maximum absolute atomic E-state index is 11.6. The van der Waals surface area contributed by atoms with Crippen molar-refractivity contribution in [2.75, 3.05) is 12.3 Å². The van der Waals surface area contributed by atoms with E-state index in [2.05, 4.69) is 11.4 Å². The monoisotopic (exact) mass is 266 g/mol. The van der Waals surface area contributed by atoms with E-state index in [4.69, 9.17) is 5.26 Å². The molecule has 1 N–H and O–H groups in total. The molecular formula is C13H18N2O2S. The highest BCUT2D eigenvalue weighted by atomic mass is 32.2. The van der Waals surface area contributed by atoms with Crippen LogP contribution in [0.3, 0.4) is 0 Å². The minimum Gasteiger partial charge on any atom is -0.313 e. The minimum atomic E-state index is -3.10. The van der Waals surface area contributed by atoms with Crippen molar-refractivity contribution in [1.82, 2.24) is 5.32 Å². The SMILES string of the molecule is CCS(=O)(=O)c1ccc(CNCCCC#N)cc1. The minimum absolute atomic E-state index is 0.124. The molecule has 0 atom stereocenters. The molecule has 0 spiro atoms. The predicted octanol–water partition coefficient (Wildman–Crippen LogP) is 1.87. The smallest absolute Gasteiger partial charge is 0.178 e. The molecule has 0 radical (unpaired) electrons. The van der Waals surface area contributed by atoms with Crippen LogP contribution in [0.4, 0.5) is 0 Å². The lowest BCUT2D eigenvalue weighted by atomic mass is 10.2. The zero-order valence-corrected chi connectivity index (χ0v) is 11.3. The fourth-order valence-electron chi connectivity index (χ4n) is 1.51. The van der Waals surface area contributed by atoms with E-state index in [0.717, 1.165) is 18.5 Å². The third-order valence-corrected chi connectivity index (χ3v) is 4.38. The predicted molar refractivity (Wildman–Crippen MR) is 70.7 cm³/mol. The highest BCUT2D eigenvalue weighted by Gasteiger charge is 2.10. The van der Waals surface area contributed by atoms with Gasteiger partial charge >= 0.3 is 0 Å². The van der Waals surface area contributed by atoms with E-state index in [1.807, 2.05) is 12.1 Å². The fraction of sp³-hybridized carbons (Fsp3) is 0.462. The van der Waals surface area contributed by atoms with Crippen molar-refractivity contribution >= 4 is 9.84 Å². The first-order valence-corrected chi connectivity index (χ1v) is 7.64. The number of hydrogen-bond acceptors (Lipinski definition) is 4. The van der Waals surface area contributed by atoms with E-state index in [9.17, 15) is 8.42 Å². The maximum atomic E-state index is 11.6. The second-order valence-corrected chi connectivity index (χ2v) is 6.26. The highest BCUT2D eigenvalue weighted by Crippen LogP contribution is 2.12. The van der Waals surface area contributed by atoms with Gasteiger partial charge in [-0.05, 0) is 30.7 Å². The molecule has 0 aromatic heterocycles. The Morgan fingerprint density at radius 2 is 1.94 bits per heavy atom. The van der Waals surface area contributed by atoms with Gasteiger partial charge in [0.25, 0.3) is 0 Å². The third-order valence-electron chi connectivity index (χ3n) is 2.63. The average Bonchev–Trinajstić information content (AvgIpc) is 2.39. The van der Waals surface area contributed by atoms with Crippen LogP contribution in [0.2, 0.25) is 0 Å². The van der Waals surface area contributed by atoms with Gasteiger partial charge in [-0.15, -0.1) is 0 Å². The van der Waals surface area contributed by atoms with Gasteiger partial charge in [0.15, 0.2) is 9.84 Å². The van der Waals surface area contributed by atoms with Crippen LogP contribution in [0, 0.1) is 11.3 Å². The molecule has 98 valence electrons. The summed E-state index contributed by atoms with van der Waals surface area (Å²) in [5, 5.41) is 11.6. The lowest BCUT2D eigenvalue weighted by Gasteiger charge is -2.05. The van der Waals surface area contributed by atoms with Crippen molar-refractivity contribution in [2.24, 2.45) is 0 Å². The van der Waals surface area contributed by atoms with Gasteiger partial charge in [0, 0.05) is 13.0 Å². The molecule has 0 saturated carbocycles. The summed E-state index contributed by atoms with van der Waals surface area (Å²) in [5.74, 6) is 0.124. The average molecular weight is 266 g/mol. The van der Waals surface area contributed by atoms with Gasteiger partial charge in [-0.2, -0.15) is 5.26 Å². The van der Waals surface area contributed by atoms with Crippen LogP contribution < -0.4 is 5.32 Å². The second kappa shape index (κ2) is 7.14. The fourth-order valence-corrected chi connectivity index (χ4v) is 2.39. The molecule has 0 fully saturated rings. The van der Waals surface area contributed by atoms with E-state index in [1.54, 1.807) is 19.1 Å². The molecule has 5 heteroatoms. The molecule has 0 aliphatic heterocycles. The zero-order valence-electron chi connectivity index (χ0n) is 10.5. The number of benzene rings is 1. The molecule has 0 aliphatic rings. The number of nitriles is 1. The van der Waals surface area contributed by atoms with Crippen LogP contribution in [0.25, 0.3) is 0 Å². The Kier molecular flexibility index (Phi) is 5.83. The summed E-state index contributed by atoms with van der Waals surface area (Å²) < 4.78 is 23.2. The van der Waals surface area contributed by atoms with Gasteiger partial charge in [0.1, 0.15) is 0 Å². The topological polar surface area (TPSA) is 70.0 Å². The van der Waals surface area contributed by atoms with Crippen molar-refractivity contribution in [1.29, 1.82) is 5.26 Å². The Morgan fingerprint density at radius 1 is 1.28 bits per heavy atom. The van der Waals surface area contributed by atoms with Gasteiger partial charge in [0.2, 0.25) is 0 Å². The molecule has 0 unspecified atom stereocenters. The summed E-state index contributed by atoms with van der Waals surface area (Å²) in [4.78, 5) is 0.373. The number of sulfone groups is 1. The highest BCUT2D eigenvalue weighted by molar-refractivity contribution is 7.91. The standard InChI is InChI=1S/C13H18N2O2S/c1-2-18(16,17)13-7-5-12(6-8-13)11-15-10-4-3-9-14/h5-8,15H,2-4,10-11H2,1H3. The molecule has 1 aromatic rings. The van der Waals surface area contributed by atoms with Crippen molar-refractivity contribution in [3.8, 4) is 6.07 Å². The molecule has 1 rings (SSSR count). The van der Waals surface area contributed by atoms with E-state index in [-0.39, 0.29) is 5.75 Å². The van der Waals surface area contributed by atoms with Gasteiger partial charge in [-0.25, -0.2) is 8.42 Å². The first-order valence-electron chi connectivity index (χ1n) is 5.99. The van der Waals surface area contributed by atoms with Crippen molar-refractivity contribution in [3.63, 3.8) is 0 Å². The van der Waals surface area contributed by atoms with E-state index >= 15 is 0 Å². The normalized spacial score (nSPS) is 11.1. The van der Waals surface area contributed by atoms with E-state index in [0.29, 0.717) is 17.9 Å². The van der Waals surface area contributed by atoms with Gasteiger partial charge in [-0.1, -0.05) is 19.1 Å². The van der Waals surface area contributed by atoms with Crippen LogP contribution in [0.1, 0.15) is 25.3 Å². The summed E-state index contributed by atoms with van der Waals surface area (Å²) in [5.41, 5.74) is 1.04. The molecule has 0 amide bonds. The summed E-state index contributed by atoms with van der Waals surface area (Å²) in [6.07, 6.45) is 1.39. The third kappa shape index (κ3) is 4.47. The molecule has 0 saturated heterocycles. The Bertz CT molecular complexity index is 501. The van der Waals surface area contributed by atoms with Gasteiger partial charge < -0.3 is 5.32 Å². The van der Waals surface area contributed by atoms with Crippen LogP contribution >= 0.6 is 0 Å². The van der Waals surface area contributed by atoms with Crippen molar-refractivity contribution < 1.29 is 8.42 Å². The first kappa shape index (κ1) is 14.7. The molecule has 1 aromatic carbocycles. The number of hydrogen-bond donors (Lipinski definition) is 1. The summed E-state index contributed by atoms with van der Waals surface area (Å²) in [6, 6.07) is 9.02. The zero-order chi connectivity index (χ0) is 13.4. The Balaban J connectivity index is 2.49. The van der Waals surface area contributed by atoms with E-state index in [1.165, 1.54) is 0 Å². The van der Waals surface area contributed by atoms with Crippen molar-refractivity contribution in [2.45, 2.75) is 31.2 Å². The molecule has 4 nitrogen and oxygen atoms in total. The van der Waals surface area contributed by atoms with Gasteiger partial charge in [-0.3, -0.25) is 0 Å². The molecule has 0 heterocycles. The Labute approximate surface area is 109 Å². The molecule has 0 bridgehead atoms. The lowest BCUT2D eigenvalue weighted by molar-refractivity contribution is 0.597. The van der Waals surface area contributed by atoms with Crippen LogP contribution in [0.15, 0.2) is 29.2 Å². The van der Waals surface area contributed by atoms with Crippen LogP contribution in [-0.2, 0) is 16.4 Å². The number of rotatable bonds is 7. The van der Waals surface area contributed by atoms with Crippen molar-refractivity contribution in [3.05, 3.63) is 29.8 Å². The summed E-state index contributed by atoms with van der Waals surface area (Å²) >= 11 is 0. The summed E-state index contributed by atoms with van der Waals surface area (Å²) in [7, 11) is -3.10. The molecular weight excluding hydrogens is 248 g/mol. The number of unbranched alkanes of at least 4 members (excludes halogenated alkanes) is 1. The first-order chi connectivity index (χ1) is 8.60. The number of nitrogens with zero attached hydrogens (tertiary/aromatic N) is 1. The van der Waals surface area contributed by atoms with Crippen LogP contribution in [0.5, 0.6) is 0 Å². The Morgan fingerprint density at radius 3 is 2.50 bits per heavy atom. The number of nitrogens with one attached hydrogen (secondary N) is 1. The maximum Gasteiger partial charge on any atom is 0.178 e. The van der Waals surface area contributed by atoms with E-state index < -0.39 is 9.84 Å². The lowest BCUT2D eigenvalue weighted by Crippen LogP contribution is -2.14. The van der Waals surface area contributed by atoms with Gasteiger partial charge in [0.05, 0.1) is 16.7 Å². The second-order valence-electron chi connectivity index (χ2n) is 3.99.